The van der Waals surface area contributed by atoms with E-state index in [4.69, 9.17) is 23.7 Å². The molecule has 2 aromatic heterocycles. The first-order valence-corrected chi connectivity index (χ1v) is 13.4. The normalized spacial score (nSPS) is 30.2. The van der Waals surface area contributed by atoms with E-state index < -0.39 is 30.3 Å². The SMILES string of the molecule is CC(C)C(=O)OC[C@H]1O[C@@H](n2cnc3c(N[C@H]4CCC[C@@H]4OC(=O)C(C)C)nncc32)[C@@H]2OC(C)(C)O[C@@H]21. The molecular formula is C26H37N5O7. The highest BCUT2D eigenvalue weighted by atomic mass is 16.8. The Morgan fingerprint density at radius 3 is 2.61 bits per heavy atom. The molecule has 2 saturated heterocycles. The molecule has 3 aliphatic rings. The molecule has 0 unspecified atom stereocenters. The third-order valence-corrected chi connectivity index (χ3v) is 7.17. The second kappa shape index (κ2) is 10.4. The molecule has 1 aliphatic carbocycles. The number of carbonyl (C=O) groups excluding carboxylic acids is 2. The molecule has 0 aromatic carbocycles. The van der Waals surface area contributed by atoms with Gasteiger partial charge in [0.25, 0.3) is 0 Å². The van der Waals surface area contributed by atoms with Crippen LogP contribution in [0.3, 0.4) is 0 Å². The molecule has 12 nitrogen and oxygen atoms in total. The molecule has 6 atom stereocenters. The number of anilines is 1. The summed E-state index contributed by atoms with van der Waals surface area (Å²) in [5.74, 6) is -1.23. The summed E-state index contributed by atoms with van der Waals surface area (Å²) in [6.07, 6.45) is 3.71. The number of hydrogen-bond acceptors (Lipinski definition) is 11. The lowest BCUT2D eigenvalue weighted by molar-refractivity contribution is -0.202. The summed E-state index contributed by atoms with van der Waals surface area (Å²) in [4.78, 5) is 28.9. The fourth-order valence-corrected chi connectivity index (χ4v) is 5.21. The van der Waals surface area contributed by atoms with E-state index in [1.807, 2.05) is 32.3 Å². The Labute approximate surface area is 221 Å². The molecule has 4 heterocycles. The third kappa shape index (κ3) is 5.21. The van der Waals surface area contributed by atoms with Gasteiger partial charge >= 0.3 is 11.9 Å². The first kappa shape index (κ1) is 26.8. The number of rotatable bonds is 8. The Hall–Kier alpha value is -2.83. The maximum absolute atomic E-state index is 12.2. The number of imidazole rings is 1. The summed E-state index contributed by atoms with van der Waals surface area (Å²) in [7, 11) is 0. The Kier molecular flexibility index (Phi) is 7.31. The van der Waals surface area contributed by atoms with Gasteiger partial charge in [-0.3, -0.25) is 14.2 Å². The van der Waals surface area contributed by atoms with Gasteiger partial charge in [-0.1, -0.05) is 27.7 Å². The number of fused-ring (bicyclic) bond motifs is 2. The van der Waals surface area contributed by atoms with Crippen molar-refractivity contribution in [1.29, 1.82) is 0 Å². The largest absolute Gasteiger partial charge is 0.463 e. The van der Waals surface area contributed by atoms with E-state index in [1.54, 1.807) is 26.4 Å². The number of carbonyl (C=O) groups is 2. The molecule has 12 heteroatoms. The monoisotopic (exact) mass is 531 g/mol. The van der Waals surface area contributed by atoms with E-state index in [2.05, 4.69) is 20.5 Å². The molecule has 5 rings (SSSR count). The Morgan fingerprint density at radius 2 is 1.87 bits per heavy atom. The maximum Gasteiger partial charge on any atom is 0.308 e. The van der Waals surface area contributed by atoms with E-state index in [1.165, 1.54) is 0 Å². The van der Waals surface area contributed by atoms with Gasteiger partial charge in [0.15, 0.2) is 17.8 Å². The van der Waals surface area contributed by atoms with E-state index in [9.17, 15) is 9.59 Å². The zero-order valence-corrected chi connectivity index (χ0v) is 22.7. The van der Waals surface area contributed by atoms with Crippen molar-refractivity contribution in [1.82, 2.24) is 19.7 Å². The topological polar surface area (TPSA) is 136 Å². The molecule has 0 spiro atoms. The van der Waals surface area contributed by atoms with Crippen LogP contribution in [0.25, 0.3) is 11.0 Å². The average molecular weight is 532 g/mol. The average Bonchev–Trinajstić information content (AvgIpc) is 3.61. The molecule has 1 saturated carbocycles. The smallest absolute Gasteiger partial charge is 0.308 e. The van der Waals surface area contributed by atoms with Gasteiger partial charge in [0.1, 0.15) is 36.5 Å². The standard InChI is InChI=1S/C26H37N5O7/c1-13(2)24(32)34-11-18-20-21(38-26(5,6)37-20)23(35-18)31-12-27-19-16(31)10-28-30-22(19)29-15-8-7-9-17(15)36-25(33)14(3)4/h10,12-15,17-18,20-21,23H,7-9,11H2,1-6H3,(H,29,30)/t15-,17-,18+,20+,21+,23+/m0/s1. The van der Waals surface area contributed by atoms with Crippen LogP contribution in [0.4, 0.5) is 5.82 Å². The number of hydrogen-bond donors (Lipinski definition) is 1. The fourth-order valence-electron chi connectivity index (χ4n) is 5.21. The van der Waals surface area contributed by atoms with Crippen LogP contribution in [0.2, 0.25) is 0 Å². The van der Waals surface area contributed by atoms with Gasteiger partial charge in [-0.2, -0.15) is 5.10 Å². The lowest BCUT2D eigenvalue weighted by Crippen LogP contribution is -2.34. The van der Waals surface area contributed by atoms with Crippen molar-refractivity contribution in [3.63, 3.8) is 0 Å². The van der Waals surface area contributed by atoms with Crippen LogP contribution < -0.4 is 5.32 Å². The quantitative estimate of drug-likeness (QED) is 0.504. The number of ether oxygens (including phenoxy) is 5. The van der Waals surface area contributed by atoms with Crippen LogP contribution in [-0.2, 0) is 33.3 Å². The highest BCUT2D eigenvalue weighted by molar-refractivity contribution is 5.85. The zero-order chi connectivity index (χ0) is 27.2. The highest BCUT2D eigenvalue weighted by Gasteiger charge is 2.56. The molecule has 2 aromatic rings. The van der Waals surface area contributed by atoms with Crippen molar-refractivity contribution in [2.24, 2.45) is 11.8 Å². The van der Waals surface area contributed by atoms with Gasteiger partial charge in [0.2, 0.25) is 0 Å². The summed E-state index contributed by atoms with van der Waals surface area (Å²) in [5, 5.41) is 11.9. The minimum absolute atomic E-state index is 0.0610. The molecule has 0 bridgehead atoms. The van der Waals surface area contributed by atoms with Gasteiger partial charge in [-0.15, -0.1) is 5.10 Å². The number of esters is 2. The molecule has 0 amide bonds. The first-order chi connectivity index (χ1) is 18.0. The van der Waals surface area contributed by atoms with Crippen molar-refractivity contribution in [2.45, 2.75) is 103 Å². The number of nitrogens with zero attached hydrogens (tertiary/aromatic N) is 4. The van der Waals surface area contributed by atoms with E-state index in [0.29, 0.717) is 16.9 Å². The van der Waals surface area contributed by atoms with Crippen molar-refractivity contribution in [2.75, 3.05) is 11.9 Å². The second-order valence-electron chi connectivity index (χ2n) is 11.3. The van der Waals surface area contributed by atoms with Crippen molar-refractivity contribution >= 4 is 28.8 Å². The Balaban J connectivity index is 1.37. The lowest BCUT2D eigenvalue weighted by atomic mass is 10.1. The minimum Gasteiger partial charge on any atom is -0.463 e. The van der Waals surface area contributed by atoms with Crippen LogP contribution in [0.5, 0.6) is 0 Å². The summed E-state index contributed by atoms with van der Waals surface area (Å²) in [6.45, 7) is 11.0. The second-order valence-corrected chi connectivity index (χ2v) is 11.3. The Bertz CT molecular complexity index is 1180. The predicted octanol–water partition coefficient (Wildman–Crippen LogP) is 2.98. The fraction of sp³-hybridized carbons (Fsp3) is 0.731. The number of nitrogens with one attached hydrogen (secondary N) is 1. The van der Waals surface area contributed by atoms with E-state index >= 15 is 0 Å². The van der Waals surface area contributed by atoms with Crippen molar-refractivity contribution in [3.05, 3.63) is 12.5 Å². The van der Waals surface area contributed by atoms with Crippen molar-refractivity contribution < 1.29 is 33.3 Å². The van der Waals surface area contributed by atoms with Crippen LogP contribution in [0.1, 0.15) is 67.0 Å². The highest BCUT2D eigenvalue weighted by Crippen LogP contribution is 2.44. The summed E-state index contributed by atoms with van der Waals surface area (Å²) >= 11 is 0. The van der Waals surface area contributed by atoms with E-state index in [0.717, 1.165) is 19.3 Å². The summed E-state index contributed by atoms with van der Waals surface area (Å²) in [6, 6.07) is -0.0813. The predicted molar refractivity (Wildman–Crippen MR) is 135 cm³/mol. The summed E-state index contributed by atoms with van der Waals surface area (Å²) < 4.78 is 31.7. The van der Waals surface area contributed by atoms with Crippen LogP contribution in [0, 0.1) is 11.8 Å². The van der Waals surface area contributed by atoms with Crippen LogP contribution in [-0.4, -0.2) is 74.5 Å². The molecule has 3 fully saturated rings. The molecule has 2 aliphatic heterocycles. The maximum atomic E-state index is 12.2. The van der Waals surface area contributed by atoms with Crippen molar-refractivity contribution in [3.8, 4) is 0 Å². The number of aromatic nitrogens is 4. The molecular weight excluding hydrogens is 494 g/mol. The molecule has 208 valence electrons. The van der Waals surface area contributed by atoms with Gasteiger partial charge in [0, 0.05) is 0 Å². The Morgan fingerprint density at radius 1 is 1.13 bits per heavy atom. The van der Waals surface area contributed by atoms with Gasteiger partial charge in [-0.05, 0) is 33.1 Å². The lowest BCUT2D eigenvalue weighted by Gasteiger charge is -2.25. The van der Waals surface area contributed by atoms with Crippen LogP contribution in [0.15, 0.2) is 12.5 Å². The van der Waals surface area contributed by atoms with E-state index in [-0.39, 0.29) is 42.5 Å². The first-order valence-electron chi connectivity index (χ1n) is 13.4. The molecule has 0 radical (unpaired) electrons. The van der Waals surface area contributed by atoms with Gasteiger partial charge in [0.05, 0.1) is 35.9 Å². The zero-order valence-electron chi connectivity index (χ0n) is 22.7. The summed E-state index contributed by atoms with van der Waals surface area (Å²) in [5.41, 5.74) is 1.32. The third-order valence-electron chi connectivity index (χ3n) is 7.17. The molecule has 38 heavy (non-hydrogen) atoms. The molecule has 1 N–H and O–H groups in total. The minimum atomic E-state index is -0.814. The van der Waals surface area contributed by atoms with Gasteiger partial charge < -0.3 is 29.0 Å². The van der Waals surface area contributed by atoms with Gasteiger partial charge in [-0.25, -0.2) is 4.98 Å². The van der Waals surface area contributed by atoms with Crippen LogP contribution >= 0.6 is 0 Å².